The van der Waals surface area contributed by atoms with Crippen molar-refractivity contribution in [2.24, 2.45) is 0 Å². The molecule has 3 aromatic rings. The lowest BCUT2D eigenvalue weighted by Crippen LogP contribution is -2.23. The SMILES string of the molecule is O=C(NCc1ccccc1)c1cc(-c2ccc(O)c(O)c2)n[nH]1. The monoisotopic (exact) mass is 309 g/mol. The zero-order valence-electron chi connectivity index (χ0n) is 12.2. The number of hydrogen-bond acceptors (Lipinski definition) is 4. The number of rotatable bonds is 4. The second-order valence-electron chi connectivity index (χ2n) is 5.04. The summed E-state index contributed by atoms with van der Waals surface area (Å²) in [4.78, 5) is 12.1. The molecule has 1 aromatic heterocycles. The van der Waals surface area contributed by atoms with Gasteiger partial charge in [-0.3, -0.25) is 9.89 Å². The topological polar surface area (TPSA) is 98.2 Å². The number of aromatic hydroxyl groups is 2. The summed E-state index contributed by atoms with van der Waals surface area (Å²) in [7, 11) is 0. The summed E-state index contributed by atoms with van der Waals surface area (Å²) in [6, 6.07) is 15.5. The first-order valence-electron chi connectivity index (χ1n) is 7.03. The third-order valence-electron chi connectivity index (χ3n) is 3.39. The number of phenols is 2. The summed E-state index contributed by atoms with van der Waals surface area (Å²) in [5.74, 6) is -0.707. The Morgan fingerprint density at radius 3 is 2.57 bits per heavy atom. The fraction of sp³-hybridized carbons (Fsp3) is 0.0588. The second-order valence-corrected chi connectivity index (χ2v) is 5.04. The average molecular weight is 309 g/mol. The van der Waals surface area contributed by atoms with Gasteiger partial charge in [-0.05, 0) is 29.8 Å². The van der Waals surface area contributed by atoms with Gasteiger partial charge >= 0.3 is 0 Å². The first kappa shape index (κ1) is 14.6. The van der Waals surface area contributed by atoms with E-state index in [4.69, 9.17) is 0 Å². The molecule has 0 atom stereocenters. The minimum Gasteiger partial charge on any atom is -0.504 e. The molecule has 116 valence electrons. The minimum absolute atomic E-state index is 0.204. The molecule has 0 aliphatic rings. The van der Waals surface area contributed by atoms with Gasteiger partial charge in [-0.1, -0.05) is 30.3 Å². The summed E-state index contributed by atoms with van der Waals surface area (Å²) in [5.41, 5.74) is 2.43. The zero-order valence-corrected chi connectivity index (χ0v) is 12.2. The summed E-state index contributed by atoms with van der Waals surface area (Å²) in [6.45, 7) is 0.425. The number of carbonyl (C=O) groups is 1. The minimum atomic E-state index is -0.268. The summed E-state index contributed by atoms with van der Waals surface area (Å²) in [5, 5.41) is 28.4. The van der Waals surface area contributed by atoms with Gasteiger partial charge in [-0.15, -0.1) is 0 Å². The molecule has 4 N–H and O–H groups in total. The summed E-state index contributed by atoms with van der Waals surface area (Å²) < 4.78 is 0. The Bertz CT molecular complexity index is 828. The highest BCUT2D eigenvalue weighted by molar-refractivity contribution is 5.93. The molecule has 6 nitrogen and oxygen atoms in total. The molecule has 6 heteroatoms. The molecule has 0 aliphatic carbocycles. The van der Waals surface area contributed by atoms with E-state index < -0.39 is 0 Å². The average Bonchev–Trinajstić information content (AvgIpc) is 3.06. The number of aromatic nitrogens is 2. The van der Waals surface area contributed by atoms with Gasteiger partial charge in [-0.2, -0.15) is 5.10 Å². The van der Waals surface area contributed by atoms with Gasteiger partial charge in [0.25, 0.3) is 5.91 Å². The van der Waals surface area contributed by atoms with Crippen LogP contribution < -0.4 is 5.32 Å². The van der Waals surface area contributed by atoms with Gasteiger partial charge in [0, 0.05) is 12.1 Å². The molecule has 0 bridgehead atoms. The highest BCUT2D eigenvalue weighted by Gasteiger charge is 2.12. The molecule has 1 heterocycles. The van der Waals surface area contributed by atoms with Crippen LogP contribution >= 0.6 is 0 Å². The molecule has 2 aromatic carbocycles. The Kier molecular flexibility index (Phi) is 3.97. The van der Waals surface area contributed by atoms with Crippen LogP contribution in [-0.4, -0.2) is 26.3 Å². The molecule has 0 saturated carbocycles. The fourth-order valence-electron chi connectivity index (χ4n) is 2.14. The predicted molar refractivity (Wildman–Crippen MR) is 85.0 cm³/mol. The van der Waals surface area contributed by atoms with E-state index in [-0.39, 0.29) is 17.4 Å². The van der Waals surface area contributed by atoms with Crippen molar-refractivity contribution in [3.05, 3.63) is 65.9 Å². The van der Waals surface area contributed by atoms with Gasteiger partial charge in [-0.25, -0.2) is 0 Å². The number of amides is 1. The molecule has 1 amide bonds. The van der Waals surface area contributed by atoms with Crippen molar-refractivity contribution >= 4 is 5.91 Å². The third-order valence-corrected chi connectivity index (χ3v) is 3.39. The Hall–Kier alpha value is -3.28. The van der Waals surface area contributed by atoms with E-state index in [2.05, 4.69) is 15.5 Å². The normalized spacial score (nSPS) is 10.4. The van der Waals surface area contributed by atoms with Crippen molar-refractivity contribution in [2.45, 2.75) is 6.54 Å². The van der Waals surface area contributed by atoms with E-state index in [1.807, 2.05) is 30.3 Å². The van der Waals surface area contributed by atoms with E-state index in [9.17, 15) is 15.0 Å². The number of carbonyl (C=O) groups excluding carboxylic acids is 1. The lowest BCUT2D eigenvalue weighted by atomic mass is 10.1. The van der Waals surface area contributed by atoms with E-state index in [1.54, 1.807) is 12.1 Å². The molecular formula is C17H15N3O3. The van der Waals surface area contributed by atoms with Crippen LogP contribution in [0.15, 0.2) is 54.6 Å². The number of nitrogens with zero attached hydrogens (tertiary/aromatic N) is 1. The first-order valence-corrected chi connectivity index (χ1v) is 7.03. The maximum atomic E-state index is 12.1. The van der Waals surface area contributed by atoms with Crippen LogP contribution in [0.1, 0.15) is 16.1 Å². The van der Waals surface area contributed by atoms with Crippen LogP contribution in [0.25, 0.3) is 11.3 Å². The second kappa shape index (κ2) is 6.23. The van der Waals surface area contributed by atoms with Gasteiger partial charge in [0.2, 0.25) is 0 Å². The molecule has 3 rings (SSSR count). The Morgan fingerprint density at radius 2 is 1.83 bits per heavy atom. The molecule has 23 heavy (non-hydrogen) atoms. The predicted octanol–water partition coefficient (Wildman–Crippen LogP) is 2.42. The summed E-state index contributed by atoms with van der Waals surface area (Å²) >= 11 is 0. The zero-order chi connectivity index (χ0) is 16.2. The van der Waals surface area contributed by atoms with Crippen LogP contribution in [-0.2, 0) is 6.54 Å². The number of H-pyrrole nitrogens is 1. The largest absolute Gasteiger partial charge is 0.504 e. The van der Waals surface area contributed by atoms with E-state index in [1.165, 1.54) is 12.1 Å². The Morgan fingerprint density at radius 1 is 1.04 bits per heavy atom. The molecule has 0 unspecified atom stereocenters. The number of hydrogen-bond donors (Lipinski definition) is 4. The van der Waals surface area contributed by atoms with Gasteiger partial charge in [0.15, 0.2) is 11.5 Å². The maximum Gasteiger partial charge on any atom is 0.269 e. The highest BCUT2D eigenvalue weighted by atomic mass is 16.3. The number of phenolic OH excluding ortho intramolecular Hbond substituents is 2. The standard InChI is InChI=1S/C17H15N3O3/c21-15-7-6-12(8-16(15)22)13-9-14(20-19-13)17(23)18-10-11-4-2-1-3-5-11/h1-9,21-22H,10H2,(H,18,23)(H,19,20). The van der Waals surface area contributed by atoms with E-state index in [0.717, 1.165) is 5.56 Å². The lowest BCUT2D eigenvalue weighted by Gasteiger charge is -2.03. The van der Waals surface area contributed by atoms with Crippen LogP contribution in [0.4, 0.5) is 0 Å². The van der Waals surface area contributed by atoms with Crippen molar-refractivity contribution in [1.29, 1.82) is 0 Å². The van der Waals surface area contributed by atoms with E-state index in [0.29, 0.717) is 23.5 Å². The van der Waals surface area contributed by atoms with Gasteiger partial charge < -0.3 is 15.5 Å². The van der Waals surface area contributed by atoms with Crippen molar-refractivity contribution in [2.75, 3.05) is 0 Å². The molecule has 0 spiro atoms. The van der Waals surface area contributed by atoms with E-state index >= 15 is 0 Å². The molecule has 0 aliphatic heterocycles. The van der Waals surface area contributed by atoms with Crippen molar-refractivity contribution < 1.29 is 15.0 Å². The van der Waals surface area contributed by atoms with Crippen molar-refractivity contribution in [3.8, 4) is 22.8 Å². The van der Waals surface area contributed by atoms with Crippen LogP contribution in [0.2, 0.25) is 0 Å². The van der Waals surface area contributed by atoms with Crippen molar-refractivity contribution in [1.82, 2.24) is 15.5 Å². The van der Waals surface area contributed by atoms with Crippen LogP contribution in [0.5, 0.6) is 11.5 Å². The van der Waals surface area contributed by atoms with Crippen LogP contribution in [0.3, 0.4) is 0 Å². The molecule has 0 radical (unpaired) electrons. The highest BCUT2D eigenvalue weighted by Crippen LogP contribution is 2.29. The summed E-state index contributed by atoms with van der Waals surface area (Å²) in [6.07, 6.45) is 0. The molecule has 0 saturated heterocycles. The Balaban J connectivity index is 1.71. The lowest BCUT2D eigenvalue weighted by molar-refractivity contribution is 0.0946. The first-order chi connectivity index (χ1) is 11.1. The molecule has 0 fully saturated rings. The number of benzene rings is 2. The maximum absolute atomic E-state index is 12.1. The van der Waals surface area contributed by atoms with Gasteiger partial charge in [0.1, 0.15) is 5.69 Å². The quantitative estimate of drug-likeness (QED) is 0.556. The fourth-order valence-corrected chi connectivity index (χ4v) is 2.14. The smallest absolute Gasteiger partial charge is 0.269 e. The number of aromatic amines is 1. The van der Waals surface area contributed by atoms with Crippen LogP contribution in [0, 0.1) is 0 Å². The molecular weight excluding hydrogens is 294 g/mol. The Labute approximate surface area is 132 Å². The van der Waals surface area contributed by atoms with Gasteiger partial charge in [0.05, 0.1) is 5.69 Å². The van der Waals surface area contributed by atoms with Crippen molar-refractivity contribution in [3.63, 3.8) is 0 Å². The number of nitrogens with one attached hydrogen (secondary N) is 2. The third kappa shape index (κ3) is 3.32.